The molecule has 2 heteroatoms. The first-order chi connectivity index (χ1) is 8.20. The van der Waals surface area contributed by atoms with E-state index in [1.807, 2.05) is 0 Å². The molecule has 98 valence electrons. The summed E-state index contributed by atoms with van der Waals surface area (Å²) in [7, 11) is 0. The summed E-state index contributed by atoms with van der Waals surface area (Å²) in [5, 5.41) is 0. The monoisotopic (exact) mass is 236 g/mol. The minimum absolute atomic E-state index is 1.01. The van der Waals surface area contributed by atoms with Crippen molar-refractivity contribution in [1.29, 1.82) is 0 Å². The van der Waals surface area contributed by atoms with E-state index in [1.165, 1.54) is 43.5 Å². The van der Waals surface area contributed by atoms with Crippen LogP contribution < -0.4 is 5.73 Å². The Balaban J connectivity index is 2.82. The molecule has 2 N–H and O–H groups in total. The highest BCUT2D eigenvalue weighted by atomic mass is 15.2. The van der Waals surface area contributed by atoms with E-state index < -0.39 is 0 Å². The molecule has 0 aromatic heterocycles. The summed E-state index contributed by atoms with van der Waals surface area (Å²) in [6.45, 7) is 9.69. The van der Waals surface area contributed by atoms with Crippen LogP contribution in [0.3, 0.4) is 0 Å². The van der Waals surface area contributed by atoms with Crippen molar-refractivity contribution in [2.45, 2.75) is 65.2 Å². The molecule has 0 atom stereocenters. The van der Waals surface area contributed by atoms with Crippen LogP contribution in [-0.4, -0.2) is 11.4 Å². The molecule has 0 aliphatic heterocycles. The lowest BCUT2D eigenvalue weighted by molar-refractivity contribution is 0.384. The van der Waals surface area contributed by atoms with Crippen molar-refractivity contribution in [2.75, 3.05) is 6.54 Å². The highest BCUT2D eigenvalue weighted by Crippen LogP contribution is 2.27. The van der Waals surface area contributed by atoms with Crippen molar-refractivity contribution in [3.05, 3.63) is 23.7 Å². The van der Waals surface area contributed by atoms with Gasteiger partial charge in [-0.05, 0) is 38.5 Å². The fraction of sp³-hybridized carbons (Fsp3) is 0.733. The molecule has 0 heterocycles. The molecular weight excluding hydrogens is 208 g/mol. The first-order valence-electron chi connectivity index (χ1n) is 7.13. The van der Waals surface area contributed by atoms with Crippen molar-refractivity contribution >= 4 is 0 Å². The summed E-state index contributed by atoms with van der Waals surface area (Å²) < 4.78 is 0. The van der Waals surface area contributed by atoms with E-state index in [2.05, 4.69) is 25.3 Å². The zero-order valence-corrected chi connectivity index (χ0v) is 11.6. The Kier molecular flexibility index (Phi) is 6.17. The Morgan fingerprint density at radius 3 is 2.59 bits per heavy atom. The lowest BCUT2D eigenvalue weighted by Gasteiger charge is -2.30. The van der Waals surface area contributed by atoms with E-state index >= 15 is 0 Å². The predicted molar refractivity (Wildman–Crippen MR) is 75.3 cm³/mol. The van der Waals surface area contributed by atoms with E-state index in [-0.39, 0.29) is 0 Å². The van der Waals surface area contributed by atoms with Gasteiger partial charge in [0.1, 0.15) is 0 Å². The first kappa shape index (κ1) is 14.1. The number of nitrogens with two attached hydrogens (primary N) is 1. The van der Waals surface area contributed by atoms with Crippen LogP contribution in [0.4, 0.5) is 0 Å². The summed E-state index contributed by atoms with van der Waals surface area (Å²) in [6.07, 6.45) is 9.48. The van der Waals surface area contributed by atoms with Crippen LogP contribution in [0.1, 0.15) is 65.2 Å². The predicted octanol–water partition coefficient (Wildman–Crippen LogP) is 4.15. The number of hydrogen-bond acceptors (Lipinski definition) is 2. The van der Waals surface area contributed by atoms with E-state index in [4.69, 9.17) is 5.73 Å². The van der Waals surface area contributed by atoms with Crippen molar-refractivity contribution in [2.24, 2.45) is 5.73 Å². The van der Waals surface area contributed by atoms with Gasteiger partial charge in [-0.2, -0.15) is 0 Å². The maximum atomic E-state index is 6.24. The van der Waals surface area contributed by atoms with E-state index in [1.54, 1.807) is 0 Å². The number of rotatable bonds is 6. The van der Waals surface area contributed by atoms with Crippen LogP contribution in [0.2, 0.25) is 0 Å². The van der Waals surface area contributed by atoms with Crippen LogP contribution >= 0.6 is 0 Å². The molecule has 1 aliphatic carbocycles. The van der Waals surface area contributed by atoms with Gasteiger partial charge in [0, 0.05) is 23.6 Å². The molecule has 0 aromatic carbocycles. The molecule has 0 aromatic rings. The van der Waals surface area contributed by atoms with Crippen LogP contribution in [0.25, 0.3) is 0 Å². The Hall–Kier alpha value is -0.920. The van der Waals surface area contributed by atoms with Gasteiger partial charge in [-0.1, -0.05) is 33.3 Å². The molecule has 0 spiro atoms. The third kappa shape index (κ3) is 4.10. The van der Waals surface area contributed by atoms with Crippen LogP contribution in [0.5, 0.6) is 0 Å². The summed E-state index contributed by atoms with van der Waals surface area (Å²) in [4.78, 5) is 2.39. The number of hydrogen-bond donors (Lipinski definition) is 1. The molecule has 1 aliphatic rings. The largest absolute Gasteiger partial charge is 0.401 e. The Bertz CT molecular complexity index is 279. The van der Waals surface area contributed by atoms with Gasteiger partial charge < -0.3 is 10.6 Å². The molecule has 17 heavy (non-hydrogen) atoms. The van der Waals surface area contributed by atoms with Gasteiger partial charge in [0.05, 0.1) is 0 Å². The molecule has 1 rings (SSSR count). The average molecular weight is 236 g/mol. The standard InChI is InChI=1S/C15H28N2/c1-4-6-12-17(13(3)5-2)15-11-9-7-8-10-14(15)16/h3-12,16H2,1-2H3. The van der Waals surface area contributed by atoms with E-state index in [0.717, 1.165) is 31.5 Å². The van der Waals surface area contributed by atoms with Crippen molar-refractivity contribution in [3.63, 3.8) is 0 Å². The van der Waals surface area contributed by atoms with Gasteiger partial charge >= 0.3 is 0 Å². The fourth-order valence-electron chi connectivity index (χ4n) is 2.39. The van der Waals surface area contributed by atoms with Crippen molar-refractivity contribution in [3.8, 4) is 0 Å². The Morgan fingerprint density at radius 2 is 1.94 bits per heavy atom. The van der Waals surface area contributed by atoms with Gasteiger partial charge in [0.2, 0.25) is 0 Å². The smallest absolute Gasteiger partial charge is 0.0365 e. The summed E-state index contributed by atoms with van der Waals surface area (Å²) in [5.41, 5.74) is 9.93. The number of allylic oxidation sites excluding steroid dienone is 3. The zero-order valence-electron chi connectivity index (χ0n) is 11.6. The van der Waals surface area contributed by atoms with Gasteiger partial charge in [-0.3, -0.25) is 0 Å². The number of nitrogens with zero attached hydrogens (tertiary/aromatic N) is 1. The second-order valence-corrected chi connectivity index (χ2v) is 4.96. The third-order valence-electron chi connectivity index (χ3n) is 3.58. The quantitative estimate of drug-likeness (QED) is 0.750. The van der Waals surface area contributed by atoms with Crippen LogP contribution in [-0.2, 0) is 0 Å². The van der Waals surface area contributed by atoms with Crippen LogP contribution in [0, 0.1) is 0 Å². The van der Waals surface area contributed by atoms with E-state index in [0.29, 0.717) is 0 Å². The second kappa shape index (κ2) is 7.41. The molecule has 0 amide bonds. The van der Waals surface area contributed by atoms with Gasteiger partial charge in [0.25, 0.3) is 0 Å². The summed E-state index contributed by atoms with van der Waals surface area (Å²) in [5.74, 6) is 0. The van der Waals surface area contributed by atoms with Crippen molar-refractivity contribution < 1.29 is 0 Å². The molecule has 0 radical (unpaired) electrons. The van der Waals surface area contributed by atoms with Crippen LogP contribution in [0.15, 0.2) is 23.7 Å². The van der Waals surface area contributed by atoms with Gasteiger partial charge in [-0.25, -0.2) is 0 Å². The third-order valence-corrected chi connectivity index (χ3v) is 3.58. The second-order valence-electron chi connectivity index (χ2n) is 4.96. The van der Waals surface area contributed by atoms with Gasteiger partial charge in [-0.15, -0.1) is 0 Å². The molecule has 0 unspecified atom stereocenters. The Morgan fingerprint density at radius 1 is 1.24 bits per heavy atom. The molecule has 0 fully saturated rings. The first-order valence-corrected chi connectivity index (χ1v) is 7.13. The minimum Gasteiger partial charge on any atom is -0.401 e. The molecule has 0 saturated carbocycles. The van der Waals surface area contributed by atoms with E-state index in [9.17, 15) is 0 Å². The summed E-state index contributed by atoms with van der Waals surface area (Å²) in [6, 6.07) is 0. The number of unbranched alkanes of at least 4 members (excludes halogenated alkanes) is 1. The average Bonchev–Trinajstić information content (AvgIpc) is 2.55. The zero-order chi connectivity index (χ0) is 12.7. The minimum atomic E-state index is 1.01. The highest BCUT2D eigenvalue weighted by Gasteiger charge is 2.16. The maximum absolute atomic E-state index is 6.24. The molecule has 2 nitrogen and oxygen atoms in total. The normalized spacial score (nSPS) is 16.8. The maximum Gasteiger partial charge on any atom is 0.0365 e. The highest BCUT2D eigenvalue weighted by molar-refractivity contribution is 5.17. The topological polar surface area (TPSA) is 29.3 Å². The Labute approximate surface area is 107 Å². The fourth-order valence-corrected chi connectivity index (χ4v) is 2.39. The lowest BCUT2D eigenvalue weighted by Crippen LogP contribution is -2.25. The molecular formula is C15H28N2. The van der Waals surface area contributed by atoms with Gasteiger partial charge in [0.15, 0.2) is 0 Å². The summed E-state index contributed by atoms with van der Waals surface area (Å²) >= 11 is 0. The lowest BCUT2D eigenvalue weighted by atomic mass is 10.1. The SMILES string of the molecule is C=C(CC)N(CCCC)C1=C(N)CCCCC1. The molecule has 0 saturated heterocycles. The van der Waals surface area contributed by atoms with Crippen molar-refractivity contribution in [1.82, 2.24) is 4.90 Å². The molecule has 0 bridgehead atoms.